The number of aryl methyl sites for hydroxylation is 3. The number of nitrogens with one attached hydrogen (secondary N) is 1. The van der Waals surface area contributed by atoms with E-state index >= 15 is 0 Å². The summed E-state index contributed by atoms with van der Waals surface area (Å²) in [4.78, 5) is 24.4. The van der Waals surface area contributed by atoms with Crippen molar-refractivity contribution in [2.45, 2.75) is 45.6 Å². The molecule has 4 rings (SSSR count). The summed E-state index contributed by atoms with van der Waals surface area (Å²) in [6, 6.07) is 6.02. The number of nitrogens with zero attached hydrogens (tertiary/aromatic N) is 3. The SMILES string of the molecule is COc1cc2c(cc1OC)C(NC(=O)C1CCCN(c3nc(C)cc(C)n3)C1)CC2. The van der Waals surface area contributed by atoms with Gasteiger partial charge in [0.2, 0.25) is 11.9 Å². The molecule has 0 radical (unpaired) electrons. The second kappa shape index (κ2) is 8.50. The number of hydrogen-bond acceptors (Lipinski definition) is 6. The Hall–Kier alpha value is -2.83. The standard InChI is InChI=1S/C23H30N4O3/c1-14-10-15(2)25-23(24-14)27-9-5-6-17(13-27)22(28)26-19-8-7-16-11-20(29-3)21(30-4)12-18(16)19/h10-12,17,19H,5-9,13H2,1-4H3,(H,26,28). The summed E-state index contributed by atoms with van der Waals surface area (Å²) in [5, 5.41) is 3.29. The van der Waals surface area contributed by atoms with Gasteiger partial charge in [0, 0.05) is 24.5 Å². The molecular formula is C23H30N4O3. The largest absolute Gasteiger partial charge is 0.493 e. The van der Waals surface area contributed by atoms with Gasteiger partial charge in [-0.05, 0) is 68.9 Å². The van der Waals surface area contributed by atoms with Gasteiger partial charge >= 0.3 is 0 Å². The highest BCUT2D eigenvalue weighted by atomic mass is 16.5. The van der Waals surface area contributed by atoms with Crippen molar-refractivity contribution in [2.24, 2.45) is 5.92 Å². The minimum absolute atomic E-state index is 0.0140. The zero-order chi connectivity index (χ0) is 21.3. The first-order valence-corrected chi connectivity index (χ1v) is 10.6. The number of carbonyl (C=O) groups excluding carboxylic acids is 1. The van der Waals surface area contributed by atoms with Gasteiger partial charge in [0.1, 0.15) is 0 Å². The molecule has 1 saturated heterocycles. The zero-order valence-electron chi connectivity index (χ0n) is 18.2. The van der Waals surface area contributed by atoms with Crippen molar-refractivity contribution < 1.29 is 14.3 Å². The molecule has 2 aliphatic rings. The first kappa shape index (κ1) is 20.4. The number of ether oxygens (including phenoxy) is 2. The maximum atomic E-state index is 13.1. The number of benzene rings is 1. The van der Waals surface area contributed by atoms with E-state index in [9.17, 15) is 4.79 Å². The van der Waals surface area contributed by atoms with Crippen LogP contribution >= 0.6 is 0 Å². The molecule has 1 aliphatic carbocycles. The van der Waals surface area contributed by atoms with Gasteiger partial charge in [0.15, 0.2) is 11.5 Å². The van der Waals surface area contributed by atoms with Crippen LogP contribution in [0.2, 0.25) is 0 Å². The number of anilines is 1. The Balaban J connectivity index is 1.46. The predicted molar refractivity (Wildman–Crippen MR) is 115 cm³/mol. The third-order valence-electron chi connectivity index (χ3n) is 6.09. The fraction of sp³-hybridized carbons (Fsp3) is 0.522. The van der Waals surface area contributed by atoms with E-state index in [1.165, 1.54) is 5.56 Å². The Morgan fingerprint density at radius 1 is 1.07 bits per heavy atom. The molecule has 7 nitrogen and oxygen atoms in total. The summed E-state index contributed by atoms with van der Waals surface area (Å²) in [6.45, 7) is 5.50. The quantitative estimate of drug-likeness (QED) is 0.816. The molecule has 30 heavy (non-hydrogen) atoms. The first-order chi connectivity index (χ1) is 14.5. The van der Waals surface area contributed by atoms with Gasteiger partial charge in [-0.3, -0.25) is 4.79 Å². The average molecular weight is 411 g/mol. The lowest BCUT2D eigenvalue weighted by molar-refractivity contribution is -0.126. The summed E-state index contributed by atoms with van der Waals surface area (Å²) < 4.78 is 10.9. The van der Waals surface area contributed by atoms with Crippen LogP contribution in [0, 0.1) is 19.8 Å². The van der Waals surface area contributed by atoms with Gasteiger partial charge in [-0.2, -0.15) is 0 Å². The van der Waals surface area contributed by atoms with Crippen LogP contribution in [0.5, 0.6) is 11.5 Å². The van der Waals surface area contributed by atoms with Gasteiger partial charge in [-0.15, -0.1) is 0 Å². The van der Waals surface area contributed by atoms with Crippen molar-refractivity contribution >= 4 is 11.9 Å². The third-order valence-corrected chi connectivity index (χ3v) is 6.09. The molecule has 7 heteroatoms. The van der Waals surface area contributed by atoms with Gasteiger partial charge in [0.05, 0.1) is 26.2 Å². The molecule has 1 N–H and O–H groups in total. The topological polar surface area (TPSA) is 76.6 Å². The molecule has 1 fully saturated rings. The fourth-order valence-corrected chi connectivity index (χ4v) is 4.59. The van der Waals surface area contributed by atoms with Crippen LogP contribution in [-0.4, -0.2) is 43.2 Å². The van der Waals surface area contributed by atoms with Crippen molar-refractivity contribution in [2.75, 3.05) is 32.2 Å². The van der Waals surface area contributed by atoms with E-state index in [0.717, 1.165) is 60.9 Å². The molecule has 1 amide bonds. The highest BCUT2D eigenvalue weighted by molar-refractivity contribution is 5.80. The minimum Gasteiger partial charge on any atom is -0.493 e. The van der Waals surface area contributed by atoms with Crippen molar-refractivity contribution in [3.05, 3.63) is 40.7 Å². The number of rotatable bonds is 5. The summed E-state index contributed by atoms with van der Waals surface area (Å²) in [6.07, 6.45) is 3.67. The van der Waals surface area contributed by atoms with Crippen LogP contribution in [0.3, 0.4) is 0 Å². The summed E-state index contributed by atoms with van der Waals surface area (Å²) in [5.41, 5.74) is 4.25. The Morgan fingerprint density at radius 3 is 2.47 bits per heavy atom. The molecule has 1 aromatic carbocycles. The predicted octanol–water partition coefficient (Wildman–Crippen LogP) is 3.13. The van der Waals surface area contributed by atoms with E-state index < -0.39 is 0 Å². The fourth-order valence-electron chi connectivity index (χ4n) is 4.59. The Bertz CT molecular complexity index is 926. The molecule has 2 aromatic rings. The van der Waals surface area contributed by atoms with E-state index in [2.05, 4.69) is 20.2 Å². The van der Waals surface area contributed by atoms with Gasteiger partial charge in [-0.1, -0.05) is 0 Å². The smallest absolute Gasteiger partial charge is 0.225 e. The molecule has 2 unspecified atom stereocenters. The number of piperidine rings is 1. The van der Waals surface area contributed by atoms with Crippen LogP contribution in [0.1, 0.15) is 47.8 Å². The van der Waals surface area contributed by atoms with Crippen molar-refractivity contribution in [3.63, 3.8) is 0 Å². The minimum atomic E-state index is -0.0626. The van der Waals surface area contributed by atoms with Crippen molar-refractivity contribution in [1.82, 2.24) is 15.3 Å². The third kappa shape index (κ3) is 4.06. The molecule has 1 aliphatic heterocycles. The monoisotopic (exact) mass is 410 g/mol. The van der Waals surface area contributed by atoms with Gasteiger partial charge in [0.25, 0.3) is 0 Å². The normalized spacial score (nSPS) is 20.6. The van der Waals surface area contributed by atoms with E-state index in [-0.39, 0.29) is 17.9 Å². The number of fused-ring (bicyclic) bond motifs is 1. The van der Waals surface area contributed by atoms with E-state index in [0.29, 0.717) is 12.3 Å². The molecule has 2 heterocycles. The van der Waals surface area contributed by atoms with Crippen molar-refractivity contribution in [3.8, 4) is 11.5 Å². The highest BCUT2D eigenvalue weighted by Crippen LogP contribution is 2.39. The van der Waals surface area contributed by atoms with Gasteiger partial charge < -0.3 is 19.7 Å². The van der Waals surface area contributed by atoms with Crippen LogP contribution in [0.4, 0.5) is 5.95 Å². The number of methoxy groups -OCH3 is 2. The lowest BCUT2D eigenvalue weighted by Crippen LogP contribution is -2.44. The first-order valence-electron chi connectivity index (χ1n) is 10.6. The Labute approximate surface area is 177 Å². The van der Waals surface area contributed by atoms with Gasteiger partial charge in [-0.25, -0.2) is 9.97 Å². The maximum Gasteiger partial charge on any atom is 0.225 e. The van der Waals surface area contributed by atoms with Crippen LogP contribution < -0.4 is 19.7 Å². The number of hydrogen-bond donors (Lipinski definition) is 1. The summed E-state index contributed by atoms with van der Waals surface area (Å²) >= 11 is 0. The van der Waals surface area contributed by atoms with Crippen molar-refractivity contribution in [1.29, 1.82) is 0 Å². The second-order valence-corrected chi connectivity index (χ2v) is 8.24. The average Bonchev–Trinajstić information content (AvgIpc) is 3.13. The lowest BCUT2D eigenvalue weighted by atomic mass is 9.96. The number of amides is 1. The number of aromatic nitrogens is 2. The molecule has 0 saturated carbocycles. The number of carbonyl (C=O) groups is 1. The Morgan fingerprint density at radius 2 is 1.77 bits per heavy atom. The van der Waals surface area contributed by atoms with Crippen LogP contribution in [-0.2, 0) is 11.2 Å². The molecule has 0 bridgehead atoms. The second-order valence-electron chi connectivity index (χ2n) is 8.24. The molecule has 160 valence electrons. The molecule has 2 atom stereocenters. The Kier molecular flexibility index (Phi) is 5.79. The maximum absolute atomic E-state index is 13.1. The summed E-state index contributed by atoms with van der Waals surface area (Å²) in [5.74, 6) is 2.21. The highest BCUT2D eigenvalue weighted by Gasteiger charge is 2.31. The van der Waals surface area contributed by atoms with E-state index in [4.69, 9.17) is 9.47 Å². The zero-order valence-corrected chi connectivity index (χ0v) is 18.2. The molecule has 1 aromatic heterocycles. The van der Waals surface area contributed by atoms with Crippen LogP contribution in [0.15, 0.2) is 18.2 Å². The molecular weight excluding hydrogens is 380 g/mol. The van der Waals surface area contributed by atoms with E-state index in [1.807, 2.05) is 32.0 Å². The lowest BCUT2D eigenvalue weighted by Gasteiger charge is -2.33. The summed E-state index contributed by atoms with van der Waals surface area (Å²) in [7, 11) is 3.28. The van der Waals surface area contributed by atoms with Crippen LogP contribution in [0.25, 0.3) is 0 Å². The van der Waals surface area contributed by atoms with E-state index in [1.54, 1.807) is 14.2 Å². The molecule has 0 spiro atoms.